The van der Waals surface area contributed by atoms with E-state index in [0.29, 0.717) is 11.8 Å². The summed E-state index contributed by atoms with van der Waals surface area (Å²) < 4.78 is 4.30. The molecule has 0 aliphatic carbocycles. The SMILES string of the molecule is CCCc1nsc(NCC(C)C(C)C)n1. The zero-order valence-corrected chi connectivity index (χ0v) is 10.9. The molecule has 4 heteroatoms. The first-order valence-corrected chi connectivity index (χ1v) is 6.47. The Balaban J connectivity index is 2.37. The van der Waals surface area contributed by atoms with Crippen LogP contribution >= 0.6 is 11.5 Å². The Hall–Kier alpha value is -0.640. The highest BCUT2D eigenvalue weighted by molar-refractivity contribution is 7.09. The Morgan fingerprint density at radius 2 is 2.07 bits per heavy atom. The van der Waals surface area contributed by atoms with Crippen molar-refractivity contribution < 1.29 is 0 Å². The quantitative estimate of drug-likeness (QED) is 0.811. The molecular formula is C11H21N3S. The molecule has 15 heavy (non-hydrogen) atoms. The third-order valence-corrected chi connectivity index (χ3v) is 3.37. The number of hydrogen-bond acceptors (Lipinski definition) is 4. The first-order valence-electron chi connectivity index (χ1n) is 5.70. The molecule has 3 nitrogen and oxygen atoms in total. The van der Waals surface area contributed by atoms with Crippen molar-refractivity contribution in [3.8, 4) is 0 Å². The number of anilines is 1. The molecule has 1 N–H and O–H groups in total. The summed E-state index contributed by atoms with van der Waals surface area (Å²) in [6.07, 6.45) is 2.09. The topological polar surface area (TPSA) is 37.8 Å². The van der Waals surface area contributed by atoms with Crippen LogP contribution in [0.4, 0.5) is 5.13 Å². The highest BCUT2D eigenvalue weighted by atomic mass is 32.1. The fourth-order valence-corrected chi connectivity index (χ4v) is 1.75. The molecule has 0 radical (unpaired) electrons. The van der Waals surface area contributed by atoms with E-state index >= 15 is 0 Å². The van der Waals surface area contributed by atoms with E-state index in [9.17, 15) is 0 Å². The van der Waals surface area contributed by atoms with E-state index in [2.05, 4.69) is 42.4 Å². The molecule has 0 aromatic carbocycles. The van der Waals surface area contributed by atoms with E-state index < -0.39 is 0 Å². The molecule has 0 saturated heterocycles. The lowest BCUT2D eigenvalue weighted by atomic mass is 9.98. The van der Waals surface area contributed by atoms with Crippen molar-refractivity contribution in [3.05, 3.63) is 5.82 Å². The van der Waals surface area contributed by atoms with Crippen molar-refractivity contribution in [2.24, 2.45) is 11.8 Å². The van der Waals surface area contributed by atoms with Crippen LogP contribution in [0.15, 0.2) is 0 Å². The average Bonchev–Trinajstić information content (AvgIpc) is 2.62. The maximum Gasteiger partial charge on any atom is 0.202 e. The Labute approximate surface area is 96.5 Å². The first-order chi connectivity index (χ1) is 7.13. The Bertz CT molecular complexity index is 283. The Morgan fingerprint density at radius 3 is 2.67 bits per heavy atom. The Kier molecular flexibility index (Phi) is 5.02. The summed E-state index contributed by atoms with van der Waals surface area (Å²) in [5, 5.41) is 4.31. The highest BCUT2D eigenvalue weighted by Gasteiger charge is 2.08. The van der Waals surface area contributed by atoms with Crippen LogP contribution in [0.1, 0.15) is 39.9 Å². The standard InChI is InChI=1S/C11H21N3S/c1-5-6-10-13-11(15-14-10)12-7-9(4)8(2)3/h8-9H,5-7H2,1-4H3,(H,12,13,14). The molecule has 1 rings (SSSR count). The summed E-state index contributed by atoms with van der Waals surface area (Å²) in [5.41, 5.74) is 0. The van der Waals surface area contributed by atoms with Crippen LogP contribution < -0.4 is 5.32 Å². The molecule has 0 aliphatic rings. The minimum atomic E-state index is 0.670. The molecule has 0 bridgehead atoms. The van der Waals surface area contributed by atoms with Crippen molar-refractivity contribution in [1.82, 2.24) is 9.36 Å². The minimum absolute atomic E-state index is 0.670. The van der Waals surface area contributed by atoms with Crippen molar-refractivity contribution in [1.29, 1.82) is 0 Å². The largest absolute Gasteiger partial charge is 0.360 e. The first kappa shape index (κ1) is 12.4. The number of nitrogens with one attached hydrogen (secondary N) is 1. The predicted molar refractivity (Wildman–Crippen MR) is 66.4 cm³/mol. The number of aromatic nitrogens is 2. The van der Waals surface area contributed by atoms with Gasteiger partial charge in [-0.2, -0.15) is 4.37 Å². The Morgan fingerprint density at radius 1 is 1.33 bits per heavy atom. The van der Waals surface area contributed by atoms with Gasteiger partial charge in [-0.1, -0.05) is 27.7 Å². The molecule has 1 aromatic heterocycles. The molecule has 1 unspecified atom stereocenters. The molecule has 1 aromatic rings. The van der Waals surface area contributed by atoms with Crippen LogP contribution in [0.5, 0.6) is 0 Å². The van der Waals surface area contributed by atoms with Crippen LogP contribution in [0.25, 0.3) is 0 Å². The number of aryl methyl sites for hydroxylation is 1. The van der Waals surface area contributed by atoms with E-state index in [4.69, 9.17) is 0 Å². The number of rotatable bonds is 6. The summed E-state index contributed by atoms with van der Waals surface area (Å²) >= 11 is 1.47. The third-order valence-electron chi connectivity index (χ3n) is 2.66. The van der Waals surface area contributed by atoms with Gasteiger partial charge in [0.25, 0.3) is 0 Å². The lowest BCUT2D eigenvalue weighted by Crippen LogP contribution is -2.16. The number of hydrogen-bond donors (Lipinski definition) is 1. The smallest absolute Gasteiger partial charge is 0.202 e. The number of nitrogens with zero attached hydrogens (tertiary/aromatic N) is 2. The van der Waals surface area contributed by atoms with Crippen LogP contribution in [-0.2, 0) is 6.42 Å². The second-order valence-corrected chi connectivity index (χ2v) is 5.12. The second kappa shape index (κ2) is 6.05. The molecule has 0 spiro atoms. The van der Waals surface area contributed by atoms with E-state index in [1.165, 1.54) is 11.5 Å². The van der Waals surface area contributed by atoms with Gasteiger partial charge in [-0.25, -0.2) is 4.98 Å². The van der Waals surface area contributed by atoms with Gasteiger partial charge < -0.3 is 5.32 Å². The fourth-order valence-electron chi connectivity index (χ4n) is 1.13. The van der Waals surface area contributed by atoms with Gasteiger partial charge in [-0.3, -0.25) is 0 Å². The second-order valence-electron chi connectivity index (χ2n) is 4.37. The molecule has 0 amide bonds. The van der Waals surface area contributed by atoms with E-state index in [-0.39, 0.29) is 0 Å². The molecule has 1 heterocycles. The van der Waals surface area contributed by atoms with Gasteiger partial charge in [0.1, 0.15) is 5.82 Å². The molecular weight excluding hydrogens is 206 g/mol. The maximum absolute atomic E-state index is 4.43. The van der Waals surface area contributed by atoms with Gasteiger partial charge in [0.05, 0.1) is 0 Å². The van der Waals surface area contributed by atoms with E-state index in [1.54, 1.807) is 0 Å². The monoisotopic (exact) mass is 227 g/mol. The van der Waals surface area contributed by atoms with Crippen LogP contribution in [0, 0.1) is 11.8 Å². The summed E-state index contributed by atoms with van der Waals surface area (Å²) in [5.74, 6) is 2.35. The lowest BCUT2D eigenvalue weighted by Gasteiger charge is -2.14. The average molecular weight is 227 g/mol. The maximum atomic E-state index is 4.43. The van der Waals surface area contributed by atoms with Crippen molar-refractivity contribution in [2.75, 3.05) is 11.9 Å². The van der Waals surface area contributed by atoms with Crippen LogP contribution in [-0.4, -0.2) is 15.9 Å². The molecule has 1 atom stereocenters. The fraction of sp³-hybridized carbons (Fsp3) is 0.818. The van der Waals surface area contributed by atoms with Crippen molar-refractivity contribution in [2.45, 2.75) is 40.5 Å². The summed E-state index contributed by atoms with van der Waals surface area (Å²) in [7, 11) is 0. The van der Waals surface area contributed by atoms with Crippen molar-refractivity contribution >= 4 is 16.7 Å². The van der Waals surface area contributed by atoms with Gasteiger partial charge in [0.15, 0.2) is 0 Å². The van der Waals surface area contributed by atoms with E-state index in [0.717, 1.165) is 30.3 Å². The van der Waals surface area contributed by atoms with E-state index in [1.807, 2.05) is 0 Å². The predicted octanol–water partition coefficient (Wildman–Crippen LogP) is 3.19. The van der Waals surface area contributed by atoms with Gasteiger partial charge in [0.2, 0.25) is 5.13 Å². The summed E-state index contributed by atoms with van der Waals surface area (Å²) in [4.78, 5) is 4.43. The summed E-state index contributed by atoms with van der Waals surface area (Å²) in [6, 6.07) is 0. The molecule has 0 fully saturated rings. The zero-order chi connectivity index (χ0) is 11.3. The summed E-state index contributed by atoms with van der Waals surface area (Å²) in [6.45, 7) is 9.88. The van der Waals surface area contributed by atoms with Gasteiger partial charge >= 0.3 is 0 Å². The lowest BCUT2D eigenvalue weighted by molar-refractivity contribution is 0.439. The molecule has 86 valence electrons. The molecule has 0 saturated carbocycles. The van der Waals surface area contributed by atoms with Gasteiger partial charge in [-0.15, -0.1) is 0 Å². The van der Waals surface area contributed by atoms with Gasteiger partial charge in [-0.05, 0) is 18.3 Å². The third kappa shape index (κ3) is 4.16. The van der Waals surface area contributed by atoms with Crippen LogP contribution in [0.3, 0.4) is 0 Å². The zero-order valence-electron chi connectivity index (χ0n) is 10.1. The minimum Gasteiger partial charge on any atom is -0.360 e. The molecule has 0 aliphatic heterocycles. The van der Waals surface area contributed by atoms with Crippen molar-refractivity contribution in [3.63, 3.8) is 0 Å². The normalized spacial score (nSPS) is 13.1. The van der Waals surface area contributed by atoms with Gasteiger partial charge in [0, 0.05) is 24.5 Å². The highest BCUT2D eigenvalue weighted by Crippen LogP contribution is 2.15. The van der Waals surface area contributed by atoms with Crippen LogP contribution in [0.2, 0.25) is 0 Å².